The first-order valence-corrected chi connectivity index (χ1v) is 9.29. The Hall–Kier alpha value is -2.17. The standard InChI is InChI=1S/C22H28N2O2/c1-23(22(25)21(26-2)19-11-7-4-8-12-19)20-13-15-24(16-14-20)17-18-9-5-3-6-10-18/h3-12,20-21H,13-17H2,1-2H3. The van der Waals surface area contributed by atoms with Crippen LogP contribution in [0.3, 0.4) is 0 Å². The third-order valence-corrected chi connectivity index (χ3v) is 5.26. The first-order valence-electron chi connectivity index (χ1n) is 9.29. The number of hydrogen-bond donors (Lipinski definition) is 0. The minimum atomic E-state index is -0.524. The molecule has 138 valence electrons. The number of likely N-dealkylation sites (tertiary alicyclic amines) is 1. The Balaban J connectivity index is 1.55. The normalized spacial score (nSPS) is 17.0. The molecule has 26 heavy (non-hydrogen) atoms. The number of piperidine rings is 1. The fourth-order valence-corrected chi connectivity index (χ4v) is 3.68. The van der Waals surface area contributed by atoms with Gasteiger partial charge in [0.2, 0.25) is 0 Å². The van der Waals surface area contributed by atoms with Crippen molar-refractivity contribution in [3.8, 4) is 0 Å². The van der Waals surface area contributed by atoms with E-state index in [0.717, 1.165) is 38.0 Å². The number of amides is 1. The van der Waals surface area contributed by atoms with Gasteiger partial charge in [-0.05, 0) is 24.0 Å². The van der Waals surface area contributed by atoms with Crippen molar-refractivity contribution in [2.45, 2.75) is 31.5 Å². The van der Waals surface area contributed by atoms with Crippen LogP contribution in [0.5, 0.6) is 0 Å². The maximum atomic E-state index is 12.9. The summed E-state index contributed by atoms with van der Waals surface area (Å²) in [5.74, 6) is 0.0419. The summed E-state index contributed by atoms with van der Waals surface area (Å²) in [6, 6.07) is 20.6. The van der Waals surface area contributed by atoms with Crippen LogP contribution in [-0.2, 0) is 16.1 Å². The summed E-state index contributed by atoms with van der Waals surface area (Å²) in [7, 11) is 3.51. The highest BCUT2D eigenvalue weighted by atomic mass is 16.5. The number of ether oxygens (including phenoxy) is 1. The molecule has 0 N–H and O–H groups in total. The molecule has 0 aromatic heterocycles. The van der Waals surface area contributed by atoms with E-state index in [4.69, 9.17) is 4.74 Å². The lowest BCUT2D eigenvalue weighted by molar-refractivity contribution is -0.144. The Morgan fingerprint density at radius 1 is 1.08 bits per heavy atom. The summed E-state index contributed by atoms with van der Waals surface area (Å²) in [5, 5.41) is 0. The van der Waals surface area contributed by atoms with E-state index in [1.54, 1.807) is 7.11 Å². The molecule has 1 atom stereocenters. The lowest BCUT2D eigenvalue weighted by Crippen LogP contribution is -2.46. The molecule has 0 bridgehead atoms. The zero-order valence-corrected chi connectivity index (χ0v) is 15.7. The summed E-state index contributed by atoms with van der Waals surface area (Å²) in [6.45, 7) is 3.01. The number of likely N-dealkylation sites (N-methyl/N-ethyl adjacent to an activating group) is 1. The number of rotatable bonds is 6. The van der Waals surface area contributed by atoms with Crippen molar-refractivity contribution in [2.75, 3.05) is 27.2 Å². The third kappa shape index (κ3) is 4.51. The first kappa shape index (κ1) is 18.6. The van der Waals surface area contributed by atoms with Crippen LogP contribution in [0.25, 0.3) is 0 Å². The molecule has 3 rings (SSSR count). The highest BCUT2D eigenvalue weighted by Gasteiger charge is 2.30. The van der Waals surface area contributed by atoms with Crippen LogP contribution < -0.4 is 0 Å². The van der Waals surface area contributed by atoms with Crippen molar-refractivity contribution in [1.29, 1.82) is 0 Å². The van der Waals surface area contributed by atoms with Crippen LogP contribution in [-0.4, -0.2) is 49.0 Å². The molecule has 0 saturated carbocycles. The van der Waals surface area contributed by atoms with Gasteiger partial charge in [0.1, 0.15) is 0 Å². The molecular formula is C22H28N2O2. The summed E-state index contributed by atoms with van der Waals surface area (Å²) in [6.07, 6.45) is 1.48. The number of nitrogens with zero attached hydrogens (tertiary/aromatic N) is 2. The first-order chi connectivity index (χ1) is 12.7. The number of carbonyl (C=O) groups excluding carboxylic acids is 1. The van der Waals surface area contributed by atoms with Gasteiger partial charge in [0.05, 0.1) is 0 Å². The summed E-state index contributed by atoms with van der Waals surface area (Å²) >= 11 is 0. The molecule has 1 aliphatic rings. The number of hydrogen-bond acceptors (Lipinski definition) is 3. The molecule has 1 heterocycles. The molecule has 2 aromatic rings. The van der Waals surface area contributed by atoms with E-state index in [1.807, 2.05) is 42.3 Å². The van der Waals surface area contributed by atoms with Gasteiger partial charge in [-0.15, -0.1) is 0 Å². The largest absolute Gasteiger partial charge is 0.367 e. The van der Waals surface area contributed by atoms with Crippen molar-refractivity contribution in [2.24, 2.45) is 0 Å². The van der Waals surface area contributed by atoms with Crippen LogP contribution in [0.2, 0.25) is 0 Å². The van der Waals surface area contributed by atoms with Crippen LogP contribution in [0.1, 0.15) is 30.1 Å². The van der Waals surface area contributed by atoms with Gasteiger partial charge >= 0.3 is 0 Å². The van der Waals surface area contributed by atoms with Crippen LogP contribution >= 0.6 is 0 Å². The van der Waals surface area contributed by atoms with Gasteiger partial charge in [-0.3, -0.25) is 9.69 Å². The molecule has 1 saturated heterocycles. The molecule has 0 spiro atoms. The van der Waals surface area contributed by atoms with Gasteiger partial charge < -0.3 is 9.64 Å². The minimum absolute atomic E-state index is 0.0419. The van der Waals surface area contributed by atoms with E-state index in [1.165, 1.54) is 5.56 Å². The third-order valence-electron chi connectivity index (χ3n) is 5.26. The summed E-state index contributed by atoms with van der Waals surface area (Å²) in [4.78, 5) is 17.3. The molecule has 1 aliphatic heterocycles. The molecular weight excluding hydrogens is 324 g/mol. The van der Waals surface area contributed by atoms with Crippen molar-refractivity contribution in [1.82, 2.24) is 9.80 Å². The Kier molecular flexibility index (Phi) is 6.42. The Morgan fingerprint density at radius 3 is 2.23 bits per heavy atom. The van der Waals surface area contributed by atoms with Gasteiger partial charge in [-0.2, -0.15) is 0 Å². The quantitative estimate of drug-likeness (QED) is 0.798. The van der Waals surface area contributed by atoms with Crippen molar-refractivity contribution in [3.63, 3.8) is 0 Å². The molecule has 1 unspecified atom stereocenters. The van der Waals surface area contributed by atoms with Crippen LogP contribution in [0.4, 0.5) is 0 Å². The number of benzene rings is 2. The average molecular weight is 352 g/mol. The zero-order chi connectivity index (χ0) is 18.4. The monoisotopic (exact) mass is 352 g/mol. The highest BCUT2D eigenvalue weighted by molar-refractivity contribution is 5.82. The molecule has 4 nitrogen and oxygen atoms in total. The van der Waals surface area contributed by atoms with Gasteiger partial charge in [-0.25, -0.2) is 0 Å². The molecule has 0 radical (unpaired) electrons. The van der Waals surface area contributed by atoms with Gasteiger partial charge in [-0.1, -0.05) is 60.7 Å². The van der Waals surface area contributed by atoms with Crippen molar-refractivity contribution < 1.29 is 9.53 Å². The Labute approximate surface area is 156 Å². The molecule has 0 aliphatic carbocycles. The van der Waals surface area contributed by atoms with Crippen molar-refractivity contribution >= 4 is 5.91 Å². The van der Waals surface area contributed by atoms with E-state index in [2.05, 4.69) is 35.2 Å². The topological polar surface area (TPSA) is 32.8 Å². The second-order valence-electron chi connectivity index (χ2n) is 6.97. The maximum absolute atomic E-state index is 12.9. The minimum Gasteiger partial charge on any atom is -0.367 e. The smallest absolute Gasteiger partial charge is 0.256 e. The average Bonchev–Trinajstić information content (AvgIpc) is 2.70. The van der Waals surface area contributed by atoms with Gasteiger partial charge in [0.15, 0.2) is 6.10 Å². The lowest BCUT2D eigenvalue weighted by Gasteiger charge is -2.37. The molecule has 2 aromatic carbocycles. The molecule has 1 amide bonds. The predicted octanol–water partition coefficient (Wildman–Crippen LogP) is 3.50. The maximum Gasteiger partial charge on any atom is 0.256 e. The van der Waals surface area contributed by atoms with Gasteiger partial charge in [0.25, 0.3) is 5.91 Å². The van der Waals surface area contributed by atoms with Crippen molar-refractivity contribution in [3.05, 3.63) is 71.8 Å². The molecule has 1 fully saturated rings. The fourth-order valence-electron chi connectivity index (χ4n) is 3.68. The SMILES string of the molecule is COC(C(=O)N(C)C1CCN(Cc2ccccc2)CC1)c1ccccc1. The second-order valence-corrected chi connectivity index (χ2v) is 6.97. The Bertz CT molecular complexity index is 682. The van der Waals surface area contributed by atoms with E-state index in [-0.39, 0.29) is 11.9 Å². The summed E-state index contributed by atoms with van der Waals surface area (Å²) < 4.78 is 5.51. The predicted molar refractivity (Wildman–Crippen MR) is 104 cm³/mol. The van der Waals surface area contributed by atoms with E-state index >= 15 is 0 Å². The number of methoxy groups -OCH3 is 1. The Morgan fingerprint density at radius 2 is 1.65 bits per heavy atom. The van der Waals surface area contributed by atoms with E-state index < -0.39 is 6.10 Å². The number of carbonyl (C=O) groups is 1. The lowest BCUT2D eigenvalue weighted by atomic mass is 10.0. The van der Waals surface area contributed by atoms with Gasteiger partial charge in [0, 0.05) is 39.8 Å². The second kappa shape index (κ2) is 8.97. The summed E-state index contributed by atoms with van der Waals surface area (Å²) in [5.41, 5.74) is 2.26. The highest BCUT2D eigenvalue weighted by Crippen LogP contribution is 2.23. The van der Waals surface area contributed by atoms with Crippen LogP contribution in [0, 0.1) is 0 Å². The zero-order valence-electron chi connectivity index (χ0n) is 15.7. The van der Waals surface area contributed by atoms with E-state index in [9.17, 15) is 4.79 Å². The fraction of sp³-hybridized carbons (Fsp3) is 0.409. The van der Waals surface area contributed by atoms with E-state index in [0.29, 0.717) is 0 Å². The molecule has 4 heteroatoms. The van der Waals surface area contributed by atoms with Crippen LogP contribution in [0.15, 0.2) is 60.7 Å².